The molecule has 2 aromatic carbocycles. The number of benzene rings is 2. The number of carbonyl (C=O) groups excluding carboxylic acids is 2. The lowest BCUT2D eigenvalue weighted by atomic mass is 10.1. The van der Waals surface area contributed by atoms with E-state index in [1.165, 1.54) is 49.8 Å². The van der Waals surface area contributed by atoms with Gasteiger partial charge in [-0.15, -0.1) is 11.3 Å². The van der Waals surface area contributed by atoms with E-state index in [0.717, 1.165) is 11.1 Å². The van der Waals surface area contributed by atoms with E-state index in [-0.39, 0.29) is 23.7 Å². The van der Waals surface area contributed by atoms with Gasteiger partial charge in [0.05, 0.1) is 40.7 Å². The third-order valence-electron chi connectivity index (χ3n) is 6.71. The number of hydrogen-bond donors (Lipinski definition) is 3. The van der Waals surface area contributed by atoms with Crippen molar-refractivity contribution in [3.63, 3.8) is 0 Å². The summed E-state index contributed by atoms with van der Waals surface area (Å²) in [6, 6.07) is 9.62. The van der Waals surface area contributed by atoms with Crippen molar-refractivity contribution >= 4 is 50.3 Å². The SMILES string of the molecule is COc1cnc2c(-c3nc4cc(F)c(O[C@@H](C)[C@@H](C)OC(=O)Nc5ccnc(C(=O)NC[C@H](C)O)c5)cc4s3)cc(C)cc2n1. The molecule has 3 aromatic heterocycles. The van der Waals surface area contributed by atoms with Gasteiger partial charge in [-0.25, -0.2) is 24.1 Å². The highest BCUT2D eigenvalue weighted by Crippen LogP contribution is 2.37. The molecule has 0 spiro atoms. The topological polar surface area (TPSA) is 158 Å². The quantitative estimate of drug-likeness (QED) is 0.185. The van der Waals surface area contributed by atoms with Crippen LogP contribution in [0.2, 0.25) is 0 Å². The van der Waals surface area contributed by atoms with E-state index in [2.05, 4.69) is 30.6 Å². The number of nitrogens with one attached hydrogen (secondary N) is 2. The minimum Gasteiger partial charge on any atom is -0.484 e. The van der Waals surface area contributed by atoms with Crippen molar-refractivity contribution < 1.29 is 33.3 Å². The van der Waals surface area contributed by atoms with Crippen molar-refractivity contribution in [2.75, 3.05) is 19.0 Å². The zero-order chi connectivity index (χ0) is 32.2. The molecule has 5 aromatic rings. The fourth-order valence-electron chi connectivity index (χ4n) is 4.32. The Kier molecular flexibility index (Phi) is 9.34. The van der Waals surface area contributed by atoms with Crippen LogP contribution < -0.4 is 20.1 Å². The Balaban J connectivity index is 1.27. The highest BCUT2D eigenvalue weighted by atomic mass is 32.1. The number of nitrogens with zero attached hydrogens (tertiary/aromatic N) is 4. The summed E-state index contributed by atoms with van der Waals surface area (Å²) < 4.78 is 32.4. The maximum absolute atomic E-state index is 15.1. The number of pyridine rings is 1. The number of ether oxygens (including phenoxy) is 3. The predicted octanol–water partition coefficient (Wildman–Crippen LogP) is 5.27. The van der Waals surface area contributed by atoms with Crippen molar-refractivity contribution in [1.82, 2.24) is 25.3 Å². The van der Waals surface area contributed by atoms with Gasteiger partial charge in [-0.05, 0) is 57.5 Å². The molecule has 12 nitrogen and oxygen atoms in total. The van der Waals surface area contributed by atoms with Crippen LogP contribution in [0.4, 0.5) is 14.9 Å². The Labute approximate surface area is 261 Å². The molecule has 0 saturated carbocycles. The molecule has 2 amide bonds. The Hall–Kier alpha value is -4.95. The summed E-state index contributed by atoms with van der Waals surface area (Å²) in [5, 5.41) is 15.1. The fraction of sp³-hybridized carbons (Fsp3) is 0.290. The van der Waals surface area contributed by atoms with Gasteiger partial charge in [0.1, 0.15) is 22.9 Å². The molecule has 0 unspecified atom stereocenters. The van der Waals surface area contributed by atoms with Crippen LogP contribution in [0.15, 0.2) is 48.8 Å². The van der Waals surface area contributed by atoms with Crippen LogP contribution in [-0.4, -0.2) is 69.0 Å². The molecular weight excluding hydrogens is 603 g/mol. The van der Waals surface area contributed by atoms with E-state index in [0.29, 0.717) is 32.1 Å². The number of methoxy groups -OCH3 is 1. The molecule has 3 heterocycles. The van der Waals surface area contributed by atoms with Gasteiger partial charge >= 0.3 is 6.09 Å². The zero-order valence-electron chi connectivity index (χ0n) is 25.1. The molecule has 234 valence electrons. The predicted molar refractivity (Wildman–Crippen MR) is 167 cm³/mol. The molecule has 0 bridgehead atoms. The van der Waals surface area contributed by atoms with Crippen molar-refractivity contribution in [2.24, 2.45) is 0 Å². The monoisotopic (exact) mass is 634 g/mol. The third kappa shape index (κ3) is 7.41. The molecular formula is C31H31FN6O6S. The summed E-state index contributed by atoms with van der Waals surface area (Å²) in [4.78, 5) is 42.4. The fourth-order valence-corrected chi connectivity index (χ4v) is 5.31. The lowest BCUT2D eigenvalue weighted by Gasteiger charge is -2.22. The van der Waals surface area contributed by atoms with E-state index >= 15 is 4.39 Å². The second kappa shape index (κ2) is 13.4. The van der Waals surface area contributed by atoms with Crippen LogP contribution in [0.3, 0.4) is 0 Å². The maximum Gasteiger partial charge on any atom is 0.412 e. The van der Waals surface area contributed by atoms with Gasteiger partial charge in [0.25, 0.3) is 5.91 Å². The van der Waals surface area contributed by atoms with Crippen LogP contribution in [0.5, 0.6) is 11.6 Å². The summed E-state index contributed by atoms with van der Waals surface area (Å²) in [5.74, 6) is -0.726. The van der Waals surface area contributed by atoms with Crippen LogP contribution in [0, 0.1) is 12.7 Å². The van der Waals surface area contributed by atoms with Gasteiger partial charge in [-0.1, -0.05) is 0 Å². The van der Waals surface area contributed by atoms with Crippen LogP contribution in [-0.2, 0) is 4.74 Å². The molecule has 0 aliphatic carbocycles. The Morgan fingerprint density at radius 3 is 2.60 bits per heavy atom. The van der Waals surface area contributed by atoms with Gasteiger partial charge in [-0.2, -0.15) is 0 Å². The summed E-state index contributed by atoms with van der Waals surface area (Å²) >= 11 is 1.36. The molecule has 5 rings (SSSR count). The van der Waals surface area contributed by atoms with Crippen molar-refractivity contribution in [1.29, 1.82) is 0 Å². The second-order valence-corrected chi connectivity index (χ2v) is 11.4. The molecule has 0 radical (unpaired) electrons. The summed E-state index contributed by atoms with van der Waals surface area (Å²) in [5.41, 5.74) is 3.84. The maximum atomic E-state index is 15.1. The standard InChI is InChI=1S/C31H31FN6O6S/c1-15-8-20(28-23(9-15)37-27(42-5)14-34-28)30-38-22-11-21(32)25(12-26(22)45-30)43-17(3)18(4)44-31(41)36-19-6-7-33-24(10-19)29(40)35-13-16(2)39/h6-12,14,16-18,39H,13H2,1-5H3,(H,35,40)(H,33,36,41)/t16-,17-,18+/m0/s1. The van der Waals surface area contributed by atoms with Crippen LogP contribution >= 0.6 is 11.3 Å². The third-order valence-corrected chi connectivity index (χ3v) is 7.77. The Bertz CT molecular complexity index is 1880. The number of rotatable bonds is 10. The molecule has 14 heteroatoms. The second-order valence-electron chi connectivity index (χ2n) is 10.4. The van der Waals surface area contributed by atoms with Crippen molar-refractivity contribution in [3.8, 4) is 22.2 Å². The average molecular weight is 635 g/mol. The molecule has 0 fully saturated rings. The number of amides is 2. The number of anilines is 1. The molecule has 0 aliphatic heterocycles. The first-order valence-electron chi connectivity index (χ1n) is 14.0. The van der Waals surface area contributed by atoms with Gasteiger partial charge in [0.15, 0.2) is 11.6 Å². The Morgan fingerprint density at radius 1 is 1.04 bits per heavy atom. The van der Waals surface area contributed by atoms with Crippen LogP contribution in [0.1, 0.15) is 36.8 Å². The summed E-state index contributed by atoms with van der Waals surface area (Å²) in [6.07, 6.45) is -0.113. The number of halogens is 1. The zero-order valence-corrected chi connectivity index (χ0v) is 25.9. The highest BCUT2D eigenvalue weighted by Gasteiger charge is 2.22. The number of aromatic nitrogens is 4. The summed E-state index contributed by atoms with van der Waals surface area (Å²) in [6.45, 7) is 6.82. The van der Waals surface area contributed by atoms with Gasteiger partial charge in [0.2, 0.25) is 5.88 Å². The first-order valence-corrected chi connectivity index (χ1v) is 14.8. The minimum atomic E-state index is -0.798. The first-order chi connectivity index (χ1) is 21.5. The van der Waals surface area contributed by atoms with E-state index in [1.807, 2.05) is 19.1 Å². The van der Waals surface area contributed by atoms with E-state index in [4.69, 9.17) is 14.2 Å². The van der Waals surface area contributed by atoms with E-state index < -0.39 is 36.1 Å². The largest absolute Gasteiger partial charge is 0.484 e. The molecule has 0 aliphatic rings. The molecule has 0 saturated heterocycles. The number of fused-ring (bicyclic) bond motifs is 2. The molecule has 3 atom stereocenters. The lowest BCUT2D eigenvalue weighted by Crippen LogP contribution is -2.33. The number of hydrogen-bond acceptors (Lipinski definition) is 11. The smallest absolute Gasteiger partial charge is 0.412 e. The van der Waals surface area contributed by atoms with Crippen molar-refractivity contribution in [2.45, 2.75) is 46.0 Å². The van der Waals surface area contributed by atoms with Crippen molar-refractivity contribution in [3.05, 3.63) is 65.9 Å². The number of aliphatic hydroxyl groups is 1. The number of aryl methyl sites for hydroxylation is 1. The van der Waals surface area contributed by atoms with E-state index in [1.54, 1.807) is 26.1 Å². The number of thiazole rings is 1. The average Bonchev–Trinajstić information content (AvgIpc) is 3.41. The van der Waals surface area contributed by atoms with Gasteiger partial charge < -0.3 is 24.6 Å². The molecule has 45 heavy (non-hydrogen) atoms. The number of carbonyl (C=O) groups is 2. The normalized spacial score (nSPS) is 13.2. The highest BCUT2D eigenvalue weighted by molar-refractivity contribution is 7.21. The summed E-state index contributed by atoms with van der Waals surface area (Å²) in [7, 11) is 1.53. The van der Waals surface area contributed by atoms with Crippen LogP contribution in [0.25, 0.3) is 31.8 Å². The minimum absolute atomic E-state index is 0.0123. The number of aliphatic hydroxyl groups excluding tert-OH is 1. The Morgan fingerprint density at radius 2 is 1.84 bits per heavy atom. The van der Waals surface area contributed by atoms with Gasteiger partial charge in [-0.3, -0.25) is 15.1 Å². The first kappa shape index (κ1) is 31.5. The van der Waals surface area contributed by atoms with E-state index in [9.17, 15) is 14.7 Å². The van der Waals surface area contributed by atoms with Gasteiger partial charge in [0, 0.05) is 36.1 Å². The lowest BCUT2D eigenvalue weighted by molar-refractivity contribution is 0.0402. The molecule has 3 N–H and O–H groups in total.